The van der Waals surface area contributed by atoms with Crippen LogP contribution in [0.2, 0.25) is 0 Å². The summed E-state index contributed by atoms with van der Waals surface area (Å²) in [5.74, 6) is 0. The molecule has 2 heterocycles. The van der Waals surface area contributed by atoms with Gasteiger partial charge in [0, 0.05) is 38.6 Å². The molecule has 10 aromatic rings. The fraction of sp³-hybridized carbons (Fsp3) is 0. The largest absolute Gasteiger partial charge is 0.456 e. The van der Waals surface area contributed by atoms with Crippen LogP contribution in [0.25, 0.3) is 71.7 Å². The maximum Gasteiger partial charge on any atom is 0.135 e. The molecule has 2 aromatic heterocycles. The minimum atomic E-state index is 0.877. The number of fused-ring (bicyclic) bond motifs is 6. The molecule has 0 amide bonds. The monoisotopic (exact) mass is 652 g/mol. The molecule has 0 N–H and O–H groups in total. The molecule has 0 aliphatic heterocycles. The normalized spacial score (nSPS) is 11.5. The maximum absolute atomic E-state index is 6.30. The standard InChI is InChI=1S/C48H32N2O/c1-4-15-33(16-5-1)35-19-12-22-37(31-35)49(38-29-30-46-42(32-38)40-23-10-11-28-45(40)51-46)44-27-14-25-41-47-39(34-17-6-2-7-18-34)24-13-26-43(47)50(48(41)44)36-20-8-3-9-21-36/h1-32H. The molecule has 10 rings (SSSR count). The number of hydrogen-bond acceptors (Lipinski definition) is 2. The highest BCUT2D eigenvalue weighted by Gasteiger charge is 2.24. The summed E-state index contributed by atoms with van der Waals surface area (Å²) >= 11 is 0. The van der Waals surface area contributed by atoms with Crippen molar-refractivity contribution in [3.8, 4) is 27.9 Å². The van der Waals surface area contributed by atoms with Crippen LogP contribution < -0.4 is 4.90 Å². The van der Waals surface area contributed by atoms with Gasteiger partial charge >= 0.3 is 0 Å². The van der Waals surface area contributed by atoms with E-state index in [1.54, 1.807) is 0 Å². The molecule has 0 aliphatic rings. The van der Waals surface area contributed by atoms with Crippen molar-refractivity contribution < 1.29 is 4.42 Å². The van der Waals surface area contributed by atoms with Gasteiger partial charge < -0.3 is 13.9 Å². The zero-order valence-corrected chi connectivity index (χ0v) is 27.8. The van der Waals surface area contributed by atoms with Gasteiger partial charge in [-0.15, -0.1) is 0 Å². The highest BCUT2D eigenvalue weighted by atomic mass is 16.3. The molecule has 0 fully saturated rings. The predicted molar refractivity (Wildman–Crippen MR) is 214 cm³/mol. The van der Waals surface area contributed by atoms with Crippen LogP contribution >= 0.6 is 0 Å². The van der Waals surface area contributed by atoms with Gasteiger partial charge in [0.15, 0.2) is 0 Å². The molecule has 0 saturated carbocycles. The lowest BCUT2D eigenvalue weighted by molar-refractivity contribution is 0.669. The van der Waals surface area contributed by atoms with Gasteiger partial charge in [-0.3, -0.25) is 0 Å². The first-order chi connectivity index (χ1) is 25.3. The van der Waals surface area contributed by atoms with E-state index in [2.05, 4.69) is 191 Å². The second-order valence-electron chi connectivity index (χ2n) is 12.9. The van der Waals surface area contributed by atoms with E-state index in [0.717, 1.165) is 55.8 Å². The van der Waals surface area contributed by atoms with Gasteiger partial charge in [-0.2, -0.15) is 0 Å². The first-order valence-corrected chi connectivity index (χ1v) is 17.4. The summed E-state index contributed by atoms with van der Waals surface area (Å²) in [6, 6.07) is 69.2. The third kappa shape index (κ3) is 4.82. The predicted octanol–water partition coefficient (Wildman–Crippen LogP) is 13.5. The van der Waals surface area contributed by atoms with Gasteiger partial charge in [0.05, 0.1) is 16.7 Å². The van der Waals surface area contributed by atoms with E-state index in [1.807, 2.05) is 12.1 Å². The molecule has 0 unspecified atom stereocenters. The lowest BCUT2D eigenvalue weighted by Crippen LogP contribution is -2.11. The van der Waals surface area contributed by atoms with Crippen LogP contribution in [0, 0.1) is 0 Å². The zero-order valence-electron chi connectivity index (χ0n) is 27.8. The Labute approximate surface area is 295 Å². The Morgan fingerprint density at radius 3 is 1.86 bits per heavy atom. The van der Waals surface area contributed by atoms with Gasteiger partial charge in [-0.05, 0) is 82.9 Å². The Balaban J connectivity index is 1.32. The first kappa shape index (κ1) is 29.1. The van der Waals surface area contributed by atoms with Gasteiger partial charge in [-0.1, -0.05) is 133 Å². The fourth-order valence-corrected chi connectivity index (χ4v) is 7.72. The average molecular weight is 653 g/mol. The Morgan fingerprint density at radius 1 is 0.412 bits per heavy atom. The van der Waals surface area contributed by atoms with E-state index in [1.165, 1.54) is 33.0 Å². The molecule has 0 saturated heterocycles. The molecular formula is C48H32N2O. The van der Waals surface area contributed by atoms with Crippen LogP contribution in [0.1, 0.15) is 0 Å². The summed E-state index contributed by atoms with van der Waals surface area (Å²) in [6.45, 7) is 0. The molecule has 240 valence electrons. The highest BCUT2D eigenvalue weighted by molar-refractivity contribution is 6.19. The SMILES string of the molecule is c1ccc(-c2cccc(N(c3ccc4oc5ccccc5c4c3)c3cccc4c5c(-c6ccccc6)cccc5n(-c5ccccc5)c34)c2)cc1. The smallest absolute Gasteiger partial charge is 0.135 e. The van der Waals surface area contributed by atoms with Gasteiger partial charge in [0.1, 0.15) is 11.2 Å². The van der Waals surface area contributed by atoms with E-state index in [9.17, 15) is 0 Å². The van der Waals surface area contributed by atoms with Crippen molar-refractivity contribution >= 4 is 60.8 Å². The van der Waals surface area contributed by atoms with Crippen LogP contribution in [0.3, 0.4) is 0 Å². The van der Waals surface area contributed by atoms with Crippen LogP contribution in [0.4, 0.5) is 17.1 Å². The summed E-state index contributed by atoms with van der Waals surface area (Å²) in [4.78, 5) is 2.41. The maximum atomic E-state index is 6.30. The minimum absolute atomic E-state index is 0.877. The Morgan fingerprint density at radius 2 is 1.04 bits per heavy atom. The number of rotatable bonds is 6. The van der Waals surface area contributed by atoms with Crippen LogP contribution in [0.5, 0.6) is 0 Å². The number of benzene rings is 8. The number of anilines is 3. The Kier molecular flexibility index (Phi) is 6.81. The molecule has 51 heavy (non-hydrogen) atoms. The van der Waals surface area contributed by atoms with E-state index in [-0.39, 0.29) is 0 Å². The molecule has 0 bridgehead atoms. The molecule has 3 nitrogen and oxygen atoms in total. The van der Waals surface area contributed by atoms with Crippen molar-refractivity contribution in [1.29, 1.82) is 0 Å². The Bertz CT molecular complexity index is 2850. The zero-order chi connectivity index (χ0) is 33.7. The molecule has 0 spiro atoms. The molecule has 3 heteroatoms. The van der Waals surface area contributed by atoms with Gasteiger partial charge in [0.25, 0.3) is 0 Å². The molecular weight excluding hydrogens is 621 g/mol. The van der Waals surface area contributed by atoms with Crippen LogP contribution in [-0.2, 0) is 0 Å². The second kappa shape index (κ2) is 11.9. The van der Waals surface area contributed by atoms with Crippen molar-refractivity contribution in [2.75, 3.05) is 4.90 Å². The summed E-state index contributed by atoms with van der Waals surface area (Å²) < 4.78 is 8.73. The number of nitrogens with zero attached hydrogens (tertiary/aromatic N) is 2. The quantitative estimate of drug-likeness (QED) is 0.178. The lowest BCUT2D eigenvalue weighted by atomic mass is 9.99. The van der Waals surface area contributed by atoms with E-state index in [0.29, 0.717) is 0 Å². The molecule has 0 atom stereocenters. The summed E-state index contributed by atoms with van der Waals surface area (Å²) in [6.07, 6.45) is 0. The third-order valence-electron chi connectivity index (χ3n) is 9.96. The Hall–Kier alpha value is -6.84. The number of aromatic nitrogens is 1. The second-order valence-corrected chi connectivity index (χ2v) is 12.9. The number of furan rings is 1. The van der Waals surface area contributed by atoms with Gasteiger partial charge in [-0.25, -0.2) is 0 Å². The number of hydrogen-bond donors (Lipinski definition) is 0. The topological polar surface area (TPSA) is 21.3 Å². The van der Waals surface area contributed by atoms with E-state index >= 15 is 0 Å². The van der Waals surface area contributed by atoms with E-state index in [4.69, 9.17) is 4.42 Å². The molecule has 0 aliphatic carbocycles. The molecule has 0 radical (unpaired) electrons. The van der Waals surface area contributed by atoms with Crippen LogP contribution in [0.15, 0.2) is 199 Å². The van der Waals surface area contributed by atoms with E-state index < -0.39 is 0 Å². The first-order valence-electron chi connectivity index (χ1n) is 17.4. The van der Waals surface area contributed by atoms with Crippen molar-refractivity contribution in [2.45, 2.75) is 0 Å². The van der Waals surface area contributed by atoms with Crippen LogP contribution in [-0.4, -0.2) is 4.57 Å². The van der Waals surface area contributed by atoms with Crippen molar-refractivity contribution in [3.05, 3.63) is 194 Å². The average Bonchev–Trinajstić information content (AvgIpc) is 3.75. The van der Waals surface area contributed by atoms with Gasteiger partial charge in [0.2, 0.25) is 0 Å². The molecule has 8 aromatic carbocycles. The summed E-state index contributed by atoms with van der Waals surface area (Å²) in [5, 5.41) is 4.63. The summed E-state index contributed by atoms with van der Waals surface area (Å²) in [7, 11) is 0. The summed E-state index contributed by atoms with van der Waals surface area (Å²) in [5.41, 5.74) is 13.2. The van der Waals surface area contributed by atoms with Crippen molar-refractivity contribution in [3.63, 3.8) is 0 Å². The van der Waals surface area contributed by atoms with Crippen molar-refractivity contribution in [2.24, 2.45) is 0 Å². The minimum Gasteiger partial charge on any atom is -0.456 e. The van der Waals surface area contributed by atoms with Crippen molar-refractivity contribution in [1.82, 2.24) is 4.57 Å². The number of para-hydroxylation sites is 3. The highest BCUT2D eigenvalue weighted by Crippen LogP contribution is 2.47. The fourth-order valence-electron chi connectivity index (χ4n) is 7.72. The third-order valence-corrected chi connectivity index (χ3v) is 9.96. The lowest BCUT2D eigenvalue weighted by Gasteiger charge is -2.27.